The Balaban J connectivity index is 3.36. The predicted octanol–water partition coefficient (Wildman–Crippen LogP) is 3.89. The molecule has 0 saturated carbocycles. The number of esters is 1. The summed E-state index contributed by atoms with van der Waals surface area (Å²) in [6.45, 7) is 1.68. The van der Waals surface area contributed by atoms with Crippen LogP contribution in [0, 0.1) is 0 Å². The smallest absolute Gasteiger partial charge is 0.305 e. The van der Waals surface area contributed by atoms with Crippen molar-refractivity contribution in [2.45, 2.75) is 103 Å². The van der Waals surface area contributed by atoms with Crippen LogP contribution in [0.1, 0.15) is 90.4 Å². The van der Waals surface area contributed by atoms with Gasteiger partial charge in [0, 0.05) is 6.42 Å². The molecule has 0 aliphatic rings. The first-order valence-electron chi connectivity index (χ1n) is 10.4. The summed E-state index contributed by atoms with van der Waals surface area (Å²) < 4.78 is 4.84. The quantitative estimate of drug-likeness (QED) is 0.193. The van der Waals surface area contributed by atoms with Gasteiger partial charge in [0.1, 0.15) is 12.7 Å². The number of aliphatic hydroxyl groups is 3. The summed E-state index contributed by atoms with van der Waals surface area (Å²) >= 11 is 0. The number of ether oxygens (including phenoxy) is 1. The number of aliphatic hydroxyl groups excluding tert-OH is 3. The normalized spacial score (nSPS) is 13.8. The monoisotopic (exact) mass is 372 g/mol. The van der Waals surface area contributed by atoms with Gasteiger partial charge in [0.25, 0.3) is 0 Å². The van der Waals surface area contributed by atoms with Crippen molar-refractivity contribution in [3.05, 3.63) is 12.2 Å². The third-order valence-electron chi connectivity index (χ3n) is 4.36. The molecular weight excluding hydrogens is 332 g/mol. The molecule has 0 rings (SSSR count). The van der Waals surface area contributed by atoms with Crippen molar-refractivity contribution >= 4 is 5.97 Å². The number of carbonyl (C=O) groups is 1. The molecule has 0 aliphatic heterocycles. The van der Waals surface area contributed by atoms with Crippen LogP contribution in [0.5, 0.6) is 0 Å². The van der Waals surface area contributed by atoms with E-state index >= 15 is 0 Å². The zero-order chi connectivity index (χ0) is 19.5. The molecule has 0 heterocycles. The Hall–Kier alpha value is -0.910. The average molecular weight is 373 g/mol. The van der Waals surface area contributed by atoms with Crippen molar-refractivity contribution in [1.82, 2.24) is 0 Å². The molecule has 26 heavy (non-hydrogen) atoms. The Labute approximate surface area is 159 Å². The molecule has 0 spiro atoms. The molecule has 0 aromatic carbocycles. The van der Waals surface area contributed by atoms with Gasteiger partial charge in [0.15, 0.2) is 0 Å². The molecule has 0 bridgehead atoms. The molecule has 0 fully saturated rings. The van der Waals surface area contributed by atoms with Crippen molar-refractivity contribution in [3.8, 4) is 0 Å². The molecule has 3 N–H and O–H groups in total. The molecule has 0 radical (unpaired) electrons. The fraction of sp³-hybridized carbons (Fsp3) is 0.857. The highest BCUT2D eigenvalue weighted by atomic mass is 16.5. The molecular formula is C21H40O5. The lowest BCUT2D eigenvalue weighted by molar-refractivity contribution is -0.147. The highest BCUT2D eigenvalue weighted by Gasteiger charge is 2.07. The van der Waals surface area contributed by atoms with Crippen LogP contribution in [0.4, 0.5) is 0 Å². The average Bonchev–Trinajstić information content (AvgIpc) is 2.64. The van der Waals surface area contributed by atoms with E-state index in [0.29, 0.717) is 6.42 Å². The van der Waals surface area contributed by atoms with Crippen LogP contribution in [0.15, 0.2) is 12.2 Å². The van der Waals surface area contributed by atoms with Crippen LogP contribution in [0.2, 0.25) is 0 Å². The summed E-state index contributed by atoms with van der Waals surface area (Å²) in [7, 11) is 0. The van der Waals surface area contributed by atoms with E-state index in [9.17, 15) is 9.90 Å². The van der Waals surface area contributed by atoms with Crippen molar-refractivity contribution in [3.63, 3.8) is 0 Å². The molecule has 0 unspecified atom stereocenters. The number of hydrogen-bond acceptors (Lipinski definition) is 5. The van der Waals surface area contributed by atoms with Gasteiger partial charge in [0.05, 0.1) is 12.7 Å². The van der Waals surface area contributed by atoms with Crippen molar-refractivity contribution < 1.29 is 24.9 Å². The van der Waals surface area contributed by atoms with Crippen LogP contribution in [-0.4, -0.2) is 46.7 Å². The van der Waals surface area contributed by atoms with Gasteiger partial charge in [-0.15, -0.1) is 0 Å². The summed E-state index contributed by atoms with van der Waals surface area (Å²) in [4.78, 5) is 11.4. The van der Waals surface area contributed by atoms with Gasteiger partial charge in [0.2, 0.25) is 0 Å². The molecule has 5 nitrogen and oxygen atoms in total. The summed E-state index contributed by atoms with van der Waals surface area (Å²) in [6, 6.07) is 0. The van der Waals surface area contributed by atoms with E-state index in [0.717, 1.165) is 57.8 Å². The highest BCUT2D eigenvalue weighted by molar-refractivity contribution is 5.69. The largest absolute Gasteiger partial charge is 0.463 e. The van der Waals surface area contributed by atoms with E-state index in [-0.39, 0.29) is 25.3 Å². The second-order valence-corrected chi connectivity index (χ2v) is 7.04. The first-order valence-corrected chi connectivity index (χ1v) is 10.4. The minimum Gasteiger partial charge on any atom is -0.463 e. The van der Waals surface area contributed by atoms with Gasteiger partial charge in [-0.05, 0) is 32.1 Å². The third-order valence-corrected chi connectivity index (χ3v) is 4.36. The fourth-order valence-electron chi connectivity index (χ4n) is 2.67. The van der Waals surface area contributed by atoms with Gasteiger partial charge >= 0.3 is 5.97 Å². The maximum Gasteiger partial charge on any atom is 0.305 e. The summed E-state index contributed by atoms with van der Waals surface area (Å²) in [5.74, 6) is -0.311. The van der Waals surface area contributed by atoms with Crippen LogP contribution >= 0.6 is 0 Å². The summed E-state index contributed by atoms with van der Waals surface area (Å²) in [5.41, 5.74) is 0. The van der Waals surface area contributed by atoms with Crippen molar-refractivity contribution in [2.24, 2.45) is 0 Å². The molecule has 2 atom stereocenters. The maximum atomic E-state index is 11.4. The number of unbranched alkanes of at least 4 members (excludes halogenated alkanes) is 8. The lowest BCUT2D eigenvalue weighted by atomic mass is 10.1. The van der Waals surface area contributed by atoms with E-state index in [1.54, 1.807) is 0 Å². The topological polar surface area (TPSA) is 87.0 Å². The fourth-order valence-corrected chi connectivity index (χ4v) is 2.67. The molecule has 0 aromatic heterocycles. The molecule has 0 amide bonds. The third kappa shape index (κ3) is 17.9. The predicted molar refractivity (Wildman–Crippen MR) is 105 cm³/mol. The van der Waals surface area contributed by atoms with E-state index in [1.165, 1.54) is 19.3 Å². The van der Waals surface area contributed by atoms with Gasteiger partial charge in [-0.25, -0.2) is 0 Å². The lowest BCUT2D eigenvalue weighted by Crippen LogP contribution is -2.21. The van der Waals surface area contributed by atoms with Crippen molar-refractivity contribution in [2.75, 3.05) is 13.2 Å². The van der Waals surface area contributed by atoms with E-state index < -0.39 is 6.10 Å². The van der Waals surface area contributed by atoms with Crippen LogP contribution in [0.3, 0.4) is 0 Å². The Morgan fingerprint density at radius 1 is 0.923 bits per heavy atom. The van der Waals surface area contributed by atoms with Gasteiger partial charge in [-0.3, -0.25) is 4.79 Å². The Morgan fingerprint density at radius 3 is 2.35 bits per heavy atom. The summed E-state index contributed by atoms with van der Waals surface area (Å²) in [5, 5.41) is 27.6. The van der Waals surface area contributed by atoms with Gasteiger partial charge in [-0.2, -0.15) is 0 Å². The second kappa shape index (κ2) is 18.9. The Morgan fingerprint density at radius 2 is 1.62 bits per heavy atom. The summed E-state index contributed by atoms with van der Waals surface area (Å²) in [6.07, 6.45) is 16.2. The number of allylic oxidation sites excluding steroid dienone is 1. The minimum atomic E-state index is -0.978. The molecule has 0 aromatic rings. The second-order valence-electron chi connectivity index (χ2n) is 7.04. The van der Waals surface area contributed by atoms with Crippen molar-refractivity contribution in [1.29, 1.82) is 0 Å². The van der Waals surface area contributed by atoms with Gasteiger partial charge < -0.3 is 20.1 Å². The maximum absolute atomic E-state index is 11.4. The van der Waals surface area contributed by atoms with E-state index in [2.05, 4.69) is 19.1 Å². The van der Waals surface area contributed by atoms with Crippen LogP contribution in [0.25, 0.3) is 0 Å². The van der Waals surface area contributed by atoms with E-state index in [1.807, 2.05) is 0 Å². The van der Waals surface area contributed by atoms with Crippen LogP contribution < -0.4 is 0 Å². The standard InChI is InChI=1S/C21H40O5/c1-2-3-4-11-14-19(23)15-12-9-7-5-6-8-10-13-16-21(25)26-18-20(24)17-22/h9,12,19-20,22-24H,2-8,10-11,13-18H2,1H3/b12-9-/t19-,20-/m1/s1. The number of rotatable bonds is 18. The highest BCUT2D eigenvalue weighted by Crippen LogP contribution is 2.10. The first kappa shape index (κ1) is 25.1. The SMILES string of the molecule is CCCCCC[C@@H](O)C/C=C\CCCCCCCC(=O)OC[C@H](O)CO. The molecule has 0 aliphatic carbocycles. The first-order chi connectivity index (χ1) is 12.6. The molecule has 154 valence electrons. The number of carbonyl (C=O) groups excluding carboxylic acids is 1. The van der Waals surface area contributed by atoms with E-state index in [4.69, 9.17) is 14.9 Å². The van der Waals surface area contributed by atoms with Crippen LogP contribution in [-0.2, 0) is 9.53 Å². The zero-order valence-electron chi connectivity index (χ0n) is 16.6. The molecule has 0 saturated heterocycles. The molecule has 5 heteroatoms. The van der Waals surface area contributed by atoms with Gasteiger partial charge in [-0.1, -0.05) is 64.0 Å². The zero-order valence-corrected chi connectivity index (χ0v) is 16.6. The lowest BCUT2D eigenvalue weighted by Gasteiger charge is -2.08. The number of hydrogen-bond donors (Lipinski definition) is 3. The Kier molecular flexibility index (Phi) is 18.2. The Bertz CT molecular complexity index is 343. The minimum absolute atomic E-state index is 0.130.